The van der Waals surface area contributed by atoms with Gasteiger partial charge < -0.3 is 4.74 Å². The van der Waals surface area contributed by atoms with E-state index in [1.54, 1.807) is 24.0 Å². The fourth-order valence-electron chi connectivity index (χ4n) is 1.75. The van der Waals surface area contributed by atoms with Gasteiger partial charge in [0.15, 0.2) is 0 Å². The average Bonchev–Trinajstić information content (AvgIpc) is 2.38. The minimum absolute atomic E-state index is 0.379. The van der Waals surface area contributed by atoms with Crippen molar-refractivity contribution in [2.45, 2.75) is 11.8 Å². The molecule has 5 heteroatoms. The molecule has 18 heavy (non-hydrogen) atoms. The second-order valence-electron chi connectivity index (χ2n) is 3.56. The zero-order valence-electron chi connectivity index (χ0n) is 10.1. The molecule has 3 nitrogen and oxygen atoms in total. The van der Waals surface area contributed by atoms with E-state index in [-0.39, 0.29) is 0 Å². The zero-order valence-corrected chi connectivity index (χ0v) is 11.6. The molecule has 0 fully saturated rings. The Morgan fingerprint density at radius 3 is 3.00 bits per heavy atom. The van der Waals surface area contributed by atoms with E-state index in [0.29, 0.717) is 10.6 Å². The fourth-order valence-corrected chi connectivity index (χ4v) is 3.03. The van der Waals surface area contributed by atoms with Crippen LogP contribution in [0.5, 0.6) is 0 Å². The molecule has 0 aliphatic carbocycles. The molecule has 2 rings (SSSR count). The van der Waals surface area contributed by atoms with E-state index in [0.717, 1.165) is 21.6 Å². The first-order chi connectivity index (χ1) is 8.69. The molecule has 1 heterocycles. The summed E-state index contributed by atoms with van der Waals surface area (Å²) in [4.78, 5) is 16.9. The predicted octanol–water partition coefficient (Wildman–Crippen LogP) is 3.79. The van der Waals surface area contributed by atoms with Gasteiger partial charge in [0.25, 0.3) is 0 Å². The van der Waals surface area contributed by atoms with Crippen molar-refractivity contribution in [2.24, 2.45) is 0 Å². The normalized spacial score (nSPS) is 10.6. The number of halogens is 1. The van der Waals surface area contributed by atoms with Crippen LogP contribution in [-0.4, -0.2) is 23.8 Å². The Morgan fingerprint density at radius 1 is 1.56 bits per heavy atom. The van der Waals surface area contributed by atoms with E-state index in [2.05, 4.69) is 4.98 Å². The highest BCUT2D eigenvalue weighted by Gasteiger charge is 2.19. The maximum atomic E-state index is 11.8. The predicted molar refractivity (Wildman–Crippen MR) is 74.5 cm³/mol. The number of carbonyl (C=O) groups is 1. The molecular weight excluding hydrogens is 270 g/mol. The maximum Gasteiger partial charge on any atom is 0.340 e. The lowest BCUT2D eigenvalue weighted by Gasteiger charge is -2.11. The van der Waals surface area contributed by atoms with Gasteiger partial charge in [-0.15, -0.1) is 11.8 Å². The first-order valence-corrected chi connectivity index (χ1v) is 6.83. The van der Waals surface area contributed by atoms with Crippen LogP contribution < -0.4 is 0 Å². The number of hydrogen-bond acceptors (Lipinski definition) is 4. The van der Waals surface area contributed by atoms with Crippen molar-refractivity contribution in [1.29, 1.82) is 0 Å². The second-order valence-corrected chi connectivity index (χ2v) is 5.24. The number of methoxy groups -OCH3 is 1. The van der Waals surface area contributed by atoms with E-state index in [9.17, 15) is 4.79 Å². The van der Waals surface area contributed by atoms with Gasteiger partial charge in [-0.1, -0.05) is 24.6 Å². The monoisotopic (exact) mass is 281 g/mol. The standard InChI is InChI=1S/C13H12ClNO2S/c1-3-18-12-8-5-4-6-15-10(8)7-9(14)11(12)13(16)17-2/h4-7H,3H2,1-2H3. The van der Waals surface area contributed by atoms with Gasteiger partial charge in [-0.2, -0.15) is 0 Å². The Bertz CT molecular complexity index is 601. The number of benzene rings is 1. The van der Waals surface area contributed by atoms with Gasteiger partial charge in [0.2, 0.25) is 0 Å². The molecule has 0 radical (unpaired) electrons. The van der Waals surface area contributed by atoms with Crippen molar-refractivity contribution in [3.63, 3.8) is 0 Å². The molecule has 0 spiro atoms. The number of rotatable bonds is 3. The molecule has 0 saturated heterocycles. The van der Waals surface area contributed by atoms with Gasteiger partial charge in [0.1, 0.15) is 0 Å². The third-order valence-electron chi connectivity index (χ3n) is 2.49. The van der Waals surface area contributed by atoms with Crippen LogP contribution in [0, 0.1) is 0 Å². The number of nitrogens with zero attached hydrogens (tertiary/aromatic N) is 1. The molecule has 0 bridgehead atoms. The second kappa shape index (κ2) is 5.59. The minimum Gasteiger partial charge on any atom is -0.465 e. The Balaban J connectivity index is 2.78. The van der Waals surface area contributed by atoms with Crippen LogP contribution in [0.2, 0.25) is 5.02 Å². The molecular formula is C13H12ClNO2S. The SMILES string of the molecule is CCSc1c(C(=O)OC)c(Cl)cc2ncccc12. The highest BCUT2D eigenvalue weighted by molar-refractivity contribution is 7.99. The minimum atomic E-state index is -0.415. The number of fused-ring (bicyclic) bond motifs is 1. The maximum absolute atomic E-state index is 11.8. The Morgan fingerprint density at radius 2 is 2.33 bits per heavy atom. The number of hydrogen-bond donors (Lipinski definition) is 0. The molecule has 0 saturated carbocycles. The first-order valence-electron chi connectivity index (χ1n) is 5.47. The van der Waals surface area contributed by atoms with Crippen molar-refractivity contribution in [3.05, 3.63) is 35.0 Å². The van der Waals surface area contributed by atoms with Gasteiger partial charge in [-0.25, -0.2) is 4.79 Å². The van der Waals surface area contributed by atoms with E-state index >= 15 is 0 Å². The third kappa shape index (κ3) is 2.31. The number of carbonyl (C=O) groups excluding carboxylic acids is 1. The number of thioether (sulfide) groups is 1. The van der Waals surface area contributed by atoms with Crippen molar-refractivity contribution < 1.29 is 9.53 Å². The summed E-state index contributed by atoms with van der Waals surface area (Å²) in [5.74, 6) is 0.427. The molecule has 0 N–H and O–H groups in total. The van der Waals surface area contributed by atoms with Crippen LogP contribution in [0.25, 0.3) is 10.9 Å². The van der Waals surface area contributed by atoms with Crippen LogP contribution in [0.15, 0.2) is 29.3 Å². The highest BCUT2D eigenvalue weighted by atomic mass is 35.5. The molecule has 0 atom stereocenters. The molecule has 0 unspecified atom stereocenters. The van der Waals surface area contributed by atoms with Gasteiger partial charge in [0, 0.05) is 16.5 Å². The fraction of sp³-hybridized carbons (Fsp3) is 0.231. The molecule has 1 aromatic heterocycles. The van der Waals surface area contributed by atoms with Crippen molar-refractivity contribution in [1.82, 2.24) is 4.98 Å². The van der Waals surface area contributed by atoms with E-state index in [4.69, 9.17) is 16.3 Å². The van der Waals surface area contributed by atoms with Crippen molar-refractivity contribution in [3.8, 4) is 0 Å². The van der Waals surface area contributed by atoms with E-state index < -0.39 is 5.97 Å². The lowest BCUT2D eigenvalue weighted by molar-refractivity contribution is 0.0597. The summed E-state index contributed by atoms with van der Waals surface area (Å²) >= 11 is 7.73. The number of ether oxygens (including phenoxy) is 1. The number of esters is 1. The van der Waals surface area contributed by atoms with Gasteiger partial charge >= 0.3 is 5.97 Å². The smallest absolute Gasteiger partial charge is 0.340 e. The summed E-state index contributed by atoms with van der Waals surface area (Å²) in [5.41, 5.74) is 1.21. The summed E-state index contributed by atoms with van der Waals surface area (Å²) < 4.78 is 4.80. The Labute approximate surface area is 114 Å². The molecule has 2 aromatic rings. The number of pyridine rings is 1. The van der Waals surface area contributed by atoms with E-state index in [1.807, 2.05) is 19.1 Å². The summed E-state index contributed by atoms with van der Waals surface area (Å²) in [7, 11) is 1.35. The highest BCUT2D eigenvalue weighted by Crippen LogP contribution is 2.35. The molecule has 0 amide bonds. The van der Waals surface area contributed by atoms with Gasteiger partial charge in [-0.3, -0.25) is 4.98 Å². The summed E-state index contributed by atoms with van der Waals surface area (Å²) in [6, 6.07) is 5.48. The van der Waals surface area contributed by atoms with Crippen molar-refractivity contribution >= 4 is 40.2 Å². The average molecular weight is 282 g/mol. The largest absolute Gasteiger partial charge is 0.465 e. The quantitative estimate of drug-likeness (QED) is 0.634. The van der Waals surface area contributed by atoms with Gasteiger partial charge in [-0.05, 0) is 17.9 Å². The number of aromatic nitrogens is 1. The van der Waals surface area contributed by atoms with Crippen LogP contribution in [0.3, 0.4) is 0 Å². The molecule has 94 valence electrons. The van der Waals surface area contributed by atoms with Crippen LogP contribution in [0.4, 0.5) is 0 Å². The Kier molecular flexibility index (Phi) is 4.09. The summed E-state index contributed by atoms with van der Waals surface area (Å²) in [5, 5.41) is 1.30. The van der Waals surface area contributed by atoms with Crippen LogP contribution >= 0.6 is 23.4 Å². The molecule has 0 aliphatic rings. The summed E-state index contributed by atoms with van der Waals surface area (Å²) in [6.45, 7) is 2.02. The third-order valence-corrected chi connectivity index (χ3v) is 3.79. The van der Waals surface area contributed by atoms with E-state index in [1.165, 1.54) is 7.11 Å². The lowest BCUT2D eigenvalue weighted by atomic mass is 10.1. The van der Waals surface area contributed by atoms with Crippen LogP contribution in [0.1, 0.15) is 17.3 Å². The first kappa shape index (κ1) is 13.2. The molecule has 0 aliphatic heterocycles. The van der Waals surface area contributed by atoms with Crippen LogP contribution in [-0.2, 0) is 4.74 Å². The van der Waals surface area contributed by atoms with Crippen molar-refractivity contribution in [2.75, 3.05) is 12.9 Å². The Hall–Kier alpha value is -1.26. The summed E-state index contributed by atoms with van der Waals surface area (Å²) in [6.07, 6.45) is 1.71. The topological polar surface area (TPSA) is 39.2 Å². The molecule has 1 aromatic carbocycles. The van der Waals surface area contributed by atoms with Gasteiger partial charge in [0.05, 0.1) is 23.2 Å². The lowest BCUT2D eigenvalue weighted by Crippen LogP contribution is -2.05. The zero-order chi connectivity index (χ0) is 13.1.